The number of halogens is 2. The van der Waals surface area contributed by atoms with E-state index < -0.39 is 5.91 Å². The van der Waals surface area contributed by atoms with Crippen molar-refractivity contribution in [3.05, 3.63) is 58.1 Å². The maximum Gasteiger partial charge on any atom is 0.248 e. The summed E-state index contributed by atoms with van der Waals surface area (Å²) in [6.45, 7) is 0. The van der Waals surface area contributed by atoms with Gasteiger partial charge >= 0.3 is 0 Å². The van der Waals surface area contributed by atoms with E-state index in [1.54, 1.807) is 43.4 Å². The quantitative estimate of drug-likeness (QED) is 0.584. The predicted molar refractivity (Wildman–Crippen MR) is 99.6 cm³/mol. The van der Waals surface area contributed by atoms with E-state index in [9.17, 15) is 4.79 Å². The van der Waals surface area contributed by atoms with Gasteiger partial charge in [0.05, 0.1) is 17.6 Å². The molecule has 0 fully saturated rings. The second-order valence-electron chi connectivity index (χ2n) is 5.67. The minimum absolute atomic E-state index is 0.379. The van der Waals surface area contributed by atoms with Gasteiger partial charge in [-0.15, -0.1) is 10.2 Å². The lowest BCUT2D eigenvalue weighted by molar-refractivity contribution is 0.100. The van der Waals surface area contributed by atoms with Crippen LogP contribution in [0.5, 0.6) is 0 Å². The van der Waals surface area contributed by atoms with Gasteiger partial charge in [-0.2, -0.15) is 4.80 Å². The van der Waals surface area contributed by atoms with Gasteiger partial charge in [0.15, 0.2) is 0 Å². The monoisotopic (exact) mass is 386 g/mol. The summed E-state index contributed by atoms with van der Waals surface area (Å²) in [5, 5.41) is 14.1. The SMILES string of the molecule is Cn1nnc(-c2c(Cl)c3cc(Cl)ccc3n2-c2ccc(C(N)=O)cc2)n1. The molecule has 0 saturated heterocycles. The molecule has 0 atom stereocenters. The average Bonchev–Trinajstić information content (AvgIpc) is 3.16. The highest BCUT2D eigenvalue weighted by Gasteiger charge is 2.22. The van der Waals surface area contributed by atoms with Crippen LogP contribution in [0.3, 0.4) is 0 Å². The highest BCUT2D eigenvalue weighted by molar-refractivity contribution is 6.39. The Kier molecular flexibility index (Phi) is 3.90. The number of aromatic nitrogens is 5. The van der Waals surface area contributed by atoms with Gasteiger partial charge in [-0.1, -0.05) is 23.2 Å². The van der Waals surface area contributed by atoms with Crippen molar-refractivity contribution < 1.29 is 4.79 Å². The largest absolute Gasteiger partial charge is 0.366 e. The number of fused-ring (bicyclic) bond motifs is 1. The molecule has 4 rings (SSSR count). The molecule has 0 aliphatic carbocycles. The van der Waals surface area contributed by atoms with Gasteiger partial charge in [0.25, 0.3) is 0 Å². The molecular formula is C17H12Cl2N6O. The molecule has 9 heteroatoms. The standard InChI is InChI=1S/C17H12Cl2N6O/c1-24-22-17(21-23-24)15-14(19)12-8-10(18)4-7-13(12)25(15)11-5-2-9(3-6-11)16(20)26/h2-8H,1H3,(H2,20,26). The van der Waals surface area contributed by atoms with Gasteiger partial charge in [0.2, 0.25) is 11.7 Å². The normalized spacial score (nSPS) is 11.2. The number of aryl methyl sites for hydroxylation is 1. The molecule has 0 spiro atoms. The minimum Gasteiger partial charge on any atom is -0.366 e. The first-order valence-electron chi connectivity index (χ1n) is 7.60. The van der Waals surface area contributed by atoms with Gasteiger partial charge in [-0.05, 0) is 47.7 Å². The Labute approximate surface area is 157 Å². The van der Waals surface area contributed by atoms with Crippen molar-refractivity contribution in [1.82, 2.24) is 24.8 Å². The number of amides is 1. The lowest BCUT2D eigenvalue weighted by atomic mass is 10.2. The third-order valence-electron chi connectivity index (χ3n) is 4.00. The van der Waals surface area contributed by atoms with Gasteiger partial charge in [-0.25, -0.2) is 0 Å². The van der Waals surface area contributed by atoms with E-state index in [0.717, 1.165) is 16.6 Å². The molecule has 4 aromatic rings. The van der Waals surface area contributed by atoms with Gasteiger partial charge in [0.1, 0.15) is 5.69 Å². The topological polar surface area (TPSA) is 91.6 Å². The third-order valence-corrected chi connectivity index (χ3v) is 4.62. The maximum atomic E-state index is 11.3. The van der Waals surface area contributed by atoms with Crippen molar-refractivity contribution in [2.45, 2.75) is 0 Å². The first-order chi connectivity index (χ1) is 12.5. The maximum absolute atomic E-state index is 11.3. The van der Waals surface area contributed by atoms with Crippen LogP contribution in [0.1, 0.15) is 10.4 Å². The van der Waals surface area contributed by atoms with E-state index in [0.29, 0.717) is 27.1 Å². The van der Waals surface area contributed by atoms with E-state index in [2.05, 4.69) is 15.4 Å². The Morgan fingerprint density at radius 3 is 2.46 bits per heavy atom. The summed E-state index contributed by atoms with van der Waals surface area (Å²) >= 11 is 12.8. The summed E-state index contributed by atoms with van der Waals surface area (Å²) in [4.78, 5) is 12.7. The number of rotatable bonds is 3. The molecule has 1 amide bonds. The summed E-state index contributed by atoms with van der Waals surface area (Å²) in [6, 6.07) is 12.3. The molecule has 0 aliphatic rings. The van der Waals surface area contributed by atoms with Crippen LogP contribution in [0.2, 0.25) is 10.0 Å². The van der Waals surface area contributed by atoms with Crippen LogP contribution in [-0.4, -0.2) is 30.7 Å². The minimum atomic E-state index is -0.491. The van der Waals surface area contributed by atoms with Crippen LogP contribution >= 0.6 is 23.2 Å². The number of hydrogen-bond donors (Lipinski definition) is 1. The average molecular weight is 387 g/mol. The lowest BCUT2D eigenvalue weighted by Crippen LogP contribution is -2.10. The number of carbonyl (C=O) groups is 1. The summed E-state index contributed by atoms with van der Waals surface area (Å²) in [6.07, 6.45) is 0. The van der Waals surface area contributed by atoms with E-state index >= 15 is 0 Å². The molecular weight excluding hydrogens is 375 g/mol. The molecule has 0 unspecified atom stereocenters. The summed E-state index contributed by atoms with van der Waals surface area (Å²) in [5.41, 5.74) is 7.93. The van der Waals surface area contributed by atoms with Crippen molar-refractivity contribution >= 4 is 40.0 Å². The molecule has 0 bridgehead atoms. The molecule has 2 aromatic carbocycles. The Hall–Kier alpha value is -2.90. The second kappa shape index (κ2) is 6.12. The molecule has 7 nitrogen and oxygen atoms in total. The Balaban J connectivity index is 2.04. The van der Waals surface area contributed by atoms with Crippen molar-refractivity contribution in [3.8, 4) is 17.2 Å². The molecule has 26 heavy (non-hydrogen) atoms. The number of hydrogen-bond acceptors (Lipinski definition) is 4. The lowest BCUT2D eigenvalue weighted by Gasteiger charge is -2.09. The smallest absolute Gasteiger partial charge is 0.248 e. The van der Waals surface area contributed by atoms with Crippen LogP contribution in [0.25, 0.3) is 28.1 Å². The highest BCUT2D eigenvalue weighted by atomic mass is 35.5. The van der Waals surface area contributed by atoms with Crippen LogP contribution < -0.4 is 5.73 Å². The number of tetrazole rings is 1. The molecule has 2 N–H and O–H groups in total. The molecule has 130 valence electrons. The molecule has 2 aromatic heterocycles. The van der Waals surface area contributed by atoms with Crippen molar-refractivity contribution in [2.24, 2.45) is 12.8 Å². The fraction of sp³-hybridized carbons (Fsp3) is 0.0588. The Morgan fingerprint density at radius 1 is 1.12 bits per heavy atom. The number of benzene rings is 2. The van der Waals surface area contributed by atoms with Gasteiger partial charge in [-0.3, -0.25) is 4.79 Å². The van der Waals surface area contributed by atoms with Crippen molar-refractivity contribution in [3.63, 3.8) is 0 Å². The molecule has 0 saturated carbocycles. The number of carbonyl (C=O) groups excluding carboxylic acids is 1. The van der Waals surface area contributed by atoms with Crippen LogP contribution in [-0.2, 0) is 7.05 Å². The first-order valence-corrected chi connectivity index (χ1v) is 8.35. The zero-order valence-electron chi connectivity index (χ0n) is 13.5. The summed E-state index contributed by atoms with van der Waals surface area (Å²) in [5.74, 6) is -0.113. The van der Waals surface area contributed by atoms with Crippen LogP contribution in [0, 0.1) is 0 Å². The van der Waals surface area contributed by atoms with Gasteiger partial charge in [0, 0.05) is 21.7 Å². The van der Waals surface area contributed by atoms with Crippen molar-refractivity contribution in [2.75, 3.05) is 0 Å². The molecule has 0 radical (unpaired) electrons. The van der Waals surface area contributed by atoms with E-state index in [1.807, 2.05) is 10.6 Å². The van der Waals surface area contributed by atoms with E-state index in [1.165, 1.54) is 4.80 Å². The fourth-order valence-corrected chi connectivity index (χ4v) is 3.34. The predicted octanol–water partition coefficient (Wildman–Crippen LogP) is 3.23. The third kappa shape index (κ3) is 2.61. The van der Waals surface area contributed by atoms with Gasteiger partial charge < -0.3 is 10.3 Å². The zero-order valence-corrected chi connectivity index (χ0v) is 15.0. The van der Waals surface area contributed by atoms with Crippen LogP contribution in [0.15, 0.2) is 42.5 Å². The Bertz CT molecular complexity index is 1150. The number of primary amides is 1. The molecule has 0 aliphatic heterocycles. The highest BCUT2D eigenvalue weighted by Crippen LogP contribution is 2.39. The zero-order chi connectivity index (χ0) is 18.4. The first kappa shape index (κ1) is 16.6. The number of nitrogens with two attached hydrogens (primary N) is 1. The van der Waals surface area contributed by atoms with Crippen molar-refractivity contribution in [1.29, 1.82) is 0 Å². The fourth-order valence-electron chi connectivity index (χ4n) is 2.85. The molecule has 2 heterocycles. The van der Waals surface area contributed by atoms with E-state index in [4.69, 9.17) is 28.9 Å². The Morgan fingerprint density at radius 2 is 1.85 bits per heavy atom. The summed E-state index contributed by atoms with van der Waals surface area (Å²) < 4.78 is 1.90. The van der Waals surface area contributed by atoms with Crippen LogP contribution in [0.4, 0.5) is 0 Å². The summed E-state index contributed by atoms with van der Waals surface area (Å²) in [7, 11) is 1.68. The number of nitrogens with zero attached hydrogens (tertiary/aromatic N) is 5. The van der Waals surface area contributed by atoms with E-state index in [-0.39, 0.29) is 0 Å². The second-order valence-corrected chi connectivity index (χ2v) is 6.49.